The summed E-state index contributed by atoms with van der Waals surface area (Å²) < 4.78 is 26.2. The van der Waals surface area contributed by atoms with Crippen LogP contribution in [0.5, 0.6) is 0 Å². The molecule has 1 rings (SSSR count). The molecule has 0 saturated carbocycles. The molecular weight excluding hydrogens is 268 g/mol. The van der Waals surface area contributed by atoms with Crippen molar-refractivity contribution in [2.45, 2.75) is 30.9 Å². The summed E-state index contributed by atoms with van der Waals surface area (Å²) >= 11 is 0. The van der Waals surface area contributed by atoms with E-state index in [1.807, 2.05) is 0 Å². The number of ketones is 1. The fourth-order valence-electron chi connectivity index (χ4n) is 1.34. The average molecular weight is 286 g/mol. The van der Waals surface area contributed by atoms with E-state index in [9.17, 15) is 18.3 Å². The summed E-state index contributed by atoms with van der Waals surface area (Å²) in [7, 11) is -3.74. The molecule has 2 atom stereocenters. The summed E-state index contributed by atoms with van der Waals surface area (Å²) in [5.74, 6) is -0.210. The van der Waals surface area contributed by atoms with Crippen LogP contribution in [0.15, 0.2) is 29.2 Å². The molecule has 0 aliphatic carbocycles. The van der Waals surface area contributed by atoms with E-state index in [0.29, 0.717) is 5.56 Å². The van der Waals surface area contributed by atoms with Crippen molar-refractivity contribution in [3.05, 3.63) is 29.8 Å². The highest BCUT2D eigenvalue weighted by Crippen LogP contribution is 2.12. The lowest BCUT2D eigenvalue weighted by atomic mass is 10.2. The summed E-state index contributed by atoms with van der Waals surface area (Å²) in [6, 6.07) is 5.05. The van der Waals surface area contributed by atoms with Crippen molar-refractivity contribution in [1.29, 1.82) is 0 Å². The molecule has 106 valence electrons. The van der Waals surface area contributed by atoms with Crippen molar-refractivity contribution in [1.82, 2.24) is 4.72 Å². The fraction of sp³-hybridized carbons (Fsp3) is 0.417. The minimum absolute atomic E-state index is 0.00186. The number of carbonyl (C=O) groups excluding carboxylic acids is 1. The van der Waals surface area contributed by atoms with Crippen LogP contribution in [0.1, 0.15) is 24.2 Å². The molecule has 0 amide bonds. The first-order valence-electron chi connectivity index (χ1n) is 5.78. The minimum atomic E-state index is -3.74. The predicted molar refractivity (Wildman–Crippen MR) is 71.3 cm³/mol. The van der Waals surface area contributed by atoms with E-state index in [1.54, 1.807) is 6.07 Å². The largest absolute Gasteiger partial charge is 0.392 e. The maximum atomic E-state index is 12.0. The van der Waals surface area contributed by atoms with E-state index < -0.39 is 22.2 Å². The van der Waals surface area contributed by atoms with E-state index in [2.05, 4.69) is 4.72 Å². The minimum Gasteiger partial charge on any atom is -0.392 e. The Kier molecular flexibility index (Phi) is 5.19. The molecule has 0 heterocycles. The van der Waals surface area contributed by atoms with Gasteiger partial charge in [0.2, 0.25) is 10.0 Å². The lowest BCUT2D eigenvalue weighted by Gasteiger charge is -2.15. The molecule has 0 fully saturated rings. The van der Waals surface area contributed by atoms with Gasteiger partial charge in [-0.25, -0.2) is 13.1 Å². The van der Waals surface area contributed by atoms with Crippen molar-refractivity contribution < 1.29 is 18.3 Å². The second kappa shape index (κ2) is 6.25. The molecule has 0 saturated heterocycles. The topological polar surface area (TPSA) is 109 Å². The Morgan fingerprint density at radius 2 is 2.11 bits per heavy atom. The number of nitrogens with one attached hydrogen (secondary N) is 1. The van der Waals surface area contributed by atoms with E-state index in [1.165, 1.54) is 32.0 Å². The Bertz CT molecular complexity index is 555. The van der Waals surface area contributed by atoms with E-state index >= 15 is 0 Å². The van der Waals surface area contributed by atoms with Gasteiger partial charge in [0.25, 0.3) is 0 Å². The third kappa shape index (κ3) is 4.39. The highest BCUT2D eigenvalue weighted by atomic mass is 32.2. The first-order chi connectivity index (χ1) is 8.74. The number of sulfonamides is 1. The number of hydrogen-bond donors (Lipinski definition) is 3. The molecule has 7 heteroatoms. The zero-order chi connectivity index (χ0) is 14.6. The van der Waals surface area contributed by atoms with Gasteiger partial charge in [-0.15, -0.1) is 0 Å². The van der Waals surface area contributed by atoms with Gasteiger partial charge in [-0.2, -0.15) is 0 Å². The van der Waals surface area contributed by atoms with Crippen LogP contribution in [0.2, 0.25) is 0 Å². The Labute approximate surface area is 112 Å². The Morgan fingerprint density at radius 3 is 2.63 bits per heavy atom. The lowest BCUT2D eigenvalue weighted by Crippen LogP contribution is -2.43. The van der Waals surface area contributed by atoms with Crippen LogP contribution in [-0.2, 0) is 10.0 Å². The van der Waals surface area contributed by atoms with Crippen molar-refractivity contribution in [3.63, 3.8) is 0 Å². The normalized spacial score (nSPS) is 14.9. The molecular formula is C12H18N2O4S. The third-order valence-electron chi connectivity index (χ3n) is 2.68. The van der Waals surface area contributed by atoms with Crippen molar-refractivity contribution >= 4 is 15.8 Å². The van der Waals surface area contributed by atoms with Crippen LogP contribution in [0.3, 0.4) is 0 Å². The first kappa shape index (κ1) is 15.8. The summed E-state index contributed by atoms with van der Waals surface area (Å²) in [5.41, 5.74) is 5.87. The Balaban J connectivity index is 2.89. The van der Waals surface area contributed by atoms with Crippen LogP contribution in [0.25, 0.3) is 0 Å². The number of hydrogen-bond acceptors (Lipinski definition) is 5. The maximum absolute atomic E-state index is 12.0. The number of aliphatic hydroxyl groups is 1. The summed E-state index contributed by atoms with van der Waals surface area (Å²) in [5, 5.41) is 9.20. The van der Waals surface area contributed by atoms with Crippen LogP contribution in [-0.4, -0.2) is 38.0 Å². The Morgan fingerprint density at radius 1 is 1.47 bits per heavy atom. The standard InChI is InChI=1S/C12H18N2O4S/c1-8(15)10-4-3-5-11(6-10)19(17,18)14-7-12(13)9(2)16/h3-6,9,12,14,16H,7,13H2,1-2H3. The van der Waals surface area contributed by atoms with Crippen molar-refractivity contribution in [3.8, 4) is 0 Å². The molecule has 2 unspecified atom stereocenters. The van der Waals surface area contributed by atoms with Gasteiger partial charge in [-0.1, -0.05) is 12.1 Å². The molecule has 0 spiro atoms. The monoisotopic (exact) mass is 286 g/mol. The zero-order valence-electron chi connectivity index (χ0n) is 10.8. The van der Waals surface area contributed by atoms with E-state index in [-0.39, 0.29) is 17.2 Å². The predicted octanol–water partition coefficient (Wildman–Crippen LogP) is -0.124. The highest BCUT2D eigenvalue weighted by molar-refractivity contribution is 7.89. The van der Waals surface area contributed by atoms with Crippen LogP contribution >= 0.6 is 0 Å². The SMILES string of the molecule is CC(=O)c1cccc(S(=O)(=O)NCC(N)C(C)O)c1. The number of Topliss-reactive ketones (excluding diaryl/α,β-unsaturated/α-hetero) is 1. The molecule has 6 nitrogen and oxygen atoms in total. The quantitative estimate of drug-likeness (QED) is 0.631. The second-order valence-electron chi connectivity index (χ2n) is 4.34. The lowest BCUT2D eigenvalue weighted by molar-refractivity contribution is 0.101. The fourth-order valence-corrected chi connectivity index (χ4v) is 2.46. The summed E-state index contributed by atoms with van der Waals surface area (Å²) in [6.07, 6.45) is -0.814. The van der Waals surface area contributed by atoms with Crippen LogP contribution in [0, 0.1) is 0 Å². The van der Waals surface area contributed by atoms with Crippen molar-refractivity contribution in [2.75, 3.05) is 6.54 Å². The van der Waals surface area contributed by atoms with Gasteiger partial charge >= 0.3 is 0 Å². The smallest absolute Gasteiger partial charge is 0.240 e. The number of aliphatic hydroxyl groups excluding tert-OH is 1. The van der Waals surface area contributed by atoms with Gasteiger partial charge in [0.1, 0.15) is 0 Å². The van der Waals surface area contributed by atoms with Gasteiger partial charge < -0.3 is 10.8 Å². The van der Waals surface area contributed by atoms with Crippen molar-refractivity contribution in [2.24, 2.45) is 5.73 Å². The van der Waals surface area contributed by atoms with E-state index in [0.717, 1.165) is 0 Å². The number of carbonyl (C=O) groups is 1. The molecule has 1 aromatic carbocycles. The molecule has 19 heavy (non-hydrogen) atoms. The Hall–Kier alpha value is -1.28. The zero-order valence-corrected chi connectivity index (χ0v) is 11.6. The maximum Gasteiger partial charge on any atom is 0.240 e. The second-order valence-corrected chi connectivity index (χ2v) is 6.11. The highest BCUT2D eigenvalue weighted by Gasteiger charge is 2.18. The van der Waals surface area contributed by atoms with Crippen LogP contribution in [0.4, 0.5) is 0 Å². The molecule has 1 aromatic rings. The summed E-state index contributed by atoms with van der Waals surface area (Å²) in [6.45, 7) is 2.77. The van der Waals surface area contributed by atoms with Gasteiger partial charge in [0, 0.05) is 18.2 Å². The average Bonchev–Trinajstić information content (AvgIpc) is 2.36. The number of nitrogens with two attached hydrogens (primary N) is 1. The van der Waals surface area contributed by atoms with Gasteiger partial charge in [-0.3, -0.25) is 4.79 Å². The van der Waals surface area contributed by atoms with Crippen LogP contribution < -0.4 is 10.5 Å². The van der Waals surface area contributed by atoms with Gasteiger partial charge in [-0.05, 0) is 26.0 Å². The molecule has 0 aliphatic rings. The molecule has 0 aromatic heterocycles. The number of benzene rings is 1. The van der Waals surface area contributed by atoms with Gasteiger partial charge in [0.05, 0.1) is 11.0 Å². The van der Waals surface area contributed by atoms with Gasteiger partial charge in [0.15, 0.2) is 5.78 Å². The number of rotatable bonds is 6. The molecule has 0 bridgehead atoms. The first-order valence-corrected chi connectivity index (χ1v) is 7.26. The van der Waals surface area contributed by atoms with E-state index in [4.69, 9.17) is 5.73 Å². The molecule has 0 radical (unpaired) electrons. The summed E-state index contributed by atoms with van der Waals surface area (Å²) in [4.78, 5) is 11.2. The molecule has 0 aliphatic heterocycles. The molecule has 4 N–H and O–H groups in total. The third-order valence-corrected chi connectivity index (χ3v) is 4.10.